The van der Waals surface area contributed by atoms with Crippen molar-refractivity contribution < 1.29 is 19.1 Å². The Hall–Kier alpha value is -1.33. The summed E-state index contributed by atoms with van der Waals surface area (Å²) in [5, 5.41) is 9.27. The van der Waals surface area contributed by atoms with Crippen LogP contribution in [0.15, 0.2) is 16.7 Å². The van der Waals surface area contributed by atoms with E-state index in [2.05, 4.69) is 4.90 Å². The third-order valence-electron chi connectivity index (χ3n) is 3.43. The van der Waals surface area contributed by atoms with Crippen molar-refractivity contribution in [3.8, 4) is 0 Å². The highest BCUT2D eigenvalue weighted by Gasteiger charge is 2.28. The normalized spacial score (nSPS) is 22.3. The summed E-state index contributed by atoms with van der Waals surface area (Å²) in [7, 11) is 1.99. The van der Waals surface area contributed by atoms with Crippen molar-refractivity contribution in [1.82, 2.24) is 4.90 Å². The van der Waals surface area contributed by atoms with Gasteiger partial charge in [-0.2, -0.15) is 0 Å². The third-order valence-corrected chi connectivity index (χ3v) is 3.43. The fraction of sp³-hybridized carbons (Fsp3) is 0.643. The molecule has 1 saturated carbocycles. The van der Waals surface area contributed by atoms with Crippen LogP contribution in [-0.2, 0) is 11.3 Å². The zero-order valence-corrected chi connectivity index (χ0v) is 11.5. The molecule has 0 amide bonds. The number of esters is 1. The zero-order chi connectivity index (χ0) is 13.8. The Bertz CT molecular complexity index is 423. The first-order valence-corrected chi connectivity index (χ1v) is 6.70. The minimum Gasteiger partial charge on any atom is -0.467 e. The first-order chi connectivity index (χ1) is 9.10. The smallest absolute Gasteiger partial charge is 0.341 e. The molecule has 0 saturated heterocycles. The summed E-state index contributed by atoms with van der Waals surface area (Å²) >= 11 is 0. The number of aliphatic hydroxyl groups excluding tert-OH is 1. The van der Waals surface area contributed by atoms with Crippen LogP contribution >= 0.6 is 0 Å². The molecule has 19 heavy (non-hydrogen) atoms. The van der Waals surface area contributed by atoms with Crippen LogP contribution < -0.4 is 0 Å². The van der Waals surface area contributed by atoms with Gasteiger partial charge in [-0.25, -0.2) is 4.79 Å². The van der Waals surface area contributed by atoms with Gasteiger partial charge in [0.2, 0.25) is 0 Å². The standard InChI is InChI=1S/C14H21NO4/c1-3-18-14(17)12-4-5-19-13(12)9-15(2)8-10-6-11(16)7-10/h4-5,10-11,16H,3,6-9H2,1-2H3. The van der Waals surface area contributed by atoms with Crippen molar-refractivity contribution in [2.24, 2.45) is 5.92 Å². The molecule has 0 atom stereocenters. The highest BCUT2D eigenvalue weighted by Crippen LogP contribution is 2.28. The summed E-state index contributed by atoms with van der Waals surface area (Å²) in [5.41, 5.74) is 0.502. The number of ether oxygens (including phenoxy) is 1. The number of carbonyl (C=O) groups is 1. The van der Waals surface area contributed by atoms with E-state index in [1.54, 1.807) is 13.0 Å². The molecule has 1 aromatic rings. The van der Waals surface area contributed by atoms with Crippen LogP contribution in [0.4, 0.5) is 0 Å². The van der Waals surface area contributed by atoms with Crippen LogP contribution in [-0.4, -0.2) is 42.3 Å². The molecular weight excluding hydrogens is 246 g/mol. The lowest BCUT2D eigenvalue weighted by molar-refractivity contribution is 0.0265. The van der Waals surface area contributed by atoms with Gasteiger partial charge in [0.15, 0.2) is 0 Å². The van der Waals surface area contributed by atoms with E-state index in [1.165, 1.54) is 6.26 Å². The van der Waals surface area contributed by atoms with Crippen molar-refractivity contribution in [1.29, 1.82) is 0 Å². The second-order valence-corrected chi connectivity index (χ2v) is 5.17. The van der Waals surface area contributed by atoms with Gasteiger partial charge in [-0.15, -0.1) is 0 Å². The largest absolute Gasteiger partial charge is 0.467 e. The number of aliphatic hydroxyl groups is 1. The summed E-state index contributed by atoms with van der Waals surface area (Å²) in [6.45, 7) is 3.62. The van der Waals surface area contributed by atoms with E-state index in [-0.39, 0.29) is 12.1 Å². The van der Waals surface area contributed by atoms with E-state index in [9.17, 15) is 9.90 Å². The summed E-state index contributed by atoms with van der Waals surface area (Å²) in [5.74, 6) is 0.848. The van der Waals surface area contributed by atoms with Gasteiger partial charge in [-0.3, -0.25) is 4.90 Å². The Balaban J connectivity index is 1.88. The molecule has 1 aliphatic carbocycles. The van der Waals surface area contributed by atoms with Crippen LogP contribution in [0.3, 0.4) is 0 Å². The summed E-state index contributed by atoms with van der Waals surface area (Å²) < 4.78 is 10.4. The molecule has 0 aliphatic heterocycles. The van der Waals surface area contributed by atoms with Crippen LogP contribution in [0, 0.1) is 5.92 Å². The number of furan rings is 1. The van der Waals surface area contributed by atoms with Crippen molar-refractivity contribution in [3.63, 3.8) is 0 Å². The molecule has 1 heterocycles. The van der Waals surface area contributed by atoms with Gasteiger partial charge in [-0.05, 0) is 38.8 Å². The van der Waals surface area contributed by atoms with Gasteiger partial charge in [0, 0.05) is 6.54 Å². The van der Waals surface area contributed by atoms with E-state index in [0.29, 0.717) is 30.4 Å². The summed E-state index contributed by atoms with van der Waals surface area (Å²) in [6, 6.07) is 1.65. The molecule has 106 valence electrons. The van der Waals surface area contributed by atoms with Gasteiger partial charge < -0.3 is 14.3 Å². The predicted octanol–water partition coefficient (Wildman–Crippen LogP) is 1.66. The van der Waals surface area contributed by atoms with E-state index in [4.69, 9.17) is 9.15 Å². The molecule has 5 nitrogen and oxygen atoms in total. The monoisotopic (exact) mass is 267 g/mol. The quantitative estimate of drug-likeness (QED) is 0.794. The maximum Gasteiger partial charge on any atom is 0.341 e. The molecule has 2 rings (SSSR count). The molecule has 1 aliphatic rings. The lowest BCUT2D eigenvalue weighted by Crippen LogP contribution is -2.36. The first kappa shape index (κ1) is 14.1. The van der Waals surface area contributed by atoms with Gasteiger partial charge in [0.1, 0.15) is 11.3 Å². The van der Waals surface area contributed by atoms with E-state index >= 15 is 0 Å². The second kappa shape index (κ2) is 6.21. The molecular formula is C14H21NO4. The molecule has 0 bridgehead atoms. The molecule has 1 aromatic heterocycles. The summed E-state index contributed by atoms with van der Waals surface area (Å²) in [4.78, 5) is 13.8. The second-order valence-electron chi connectivity index (χ2n) is 5.17. The molecule has 5 heteroatoms. The first-order valence-electron chi connectivity index (χ1n) is 6.70. The van der Waals surface area contributed by atoms with E-state index < -0.39 is 0 Å². The van der Waals surface area contributed by atoms with Gasteiger partial charge in [-0.1, -0.05) is 0 Å². The van der Waals surface area contributed by atoms with Gasteiger partial charge >= 0.3 is 5.97 Å². The maximum atomic E-state index is 11.7. The highest BCUT2D eigenvalue weighted by atomic mass is 16.5. The van der Waals surface area contributed by atoms with Crippen LogP contribution in [0.1, 0.15) is 35.9 Å². The van der Waals surface area contributed by atoms with E-state index in [0.717, 1.165) is 19.4 Å². The van der Waals surface area contributed by atoms with Crippen molar-refractivity contribution >= 4 is 5.97 Å². The zero-order valence-electron chi connectivity index (χ0n) is 11.5. The Morgan fingerprint density at radius 2 is 2.32 bits per heavy atom. The Morgan fingerprint density at radius 3 is 2.95 bits per heavy atom. The number of rotatable bonds is 6. The molecule has 0 spiro atoms. The maximum absolute atomic E-state index is 11.7. The highest BCUT2D eigenvalue weighted by molar-refractivity contribution is 5.90. The molecule has 0 unspecified atom stereocenters. The minimum atomic E-state index is -0.335. The fourth-order valence-electron chi connectivity index (χ4n) is 2.45. The lowest BCUT2D eigenvalue weighted by Gasteiger charge is -2.34. The van der Waals surface area contributed by atoms with Crippen LogP contribution in [0.2, 0.25) is 0 Å². The molecule has 1 fully saturated rings. The molecule has 0 aromatic carbocycles. The van der Waals surface area contributed by atoms with Crippen molar-refractivity contribution in [2.45, 2.75) is 32.4 Å². The SMILES string of the molecule is CCOC(=O)c1ccoc1CN(C)CC1CC(O)C1. The molecule has 1 N–H and O–H groups in total. The van der Waals surface area contributed by atoms with Crippen LogP contribution in [0.25, 0.3) is 0 Å². The van der Waals surface area contributed by atoms with Crippen molar-refractivity contribution in [3.05, 3.63) is 23.7 Å². The molecule has 0 radical (unpaired) electrons. The van der Waals surface area contributed by atoms with Gasteiger partial charge in [0.25, 0.3) is 0 Å². The lowest BCUT2D eigenvalue weighted by atomic mass is 9.82. The topological polar surface area (TPSA) is 62.9 Å². The average molecular weight is 267 g/mol. The van der Waals surface area contributed by atoms with E-state index in [1.807, 2.05) is 7.05 Å². The number of nitrogens with zero attached hydrogens (tertiary/aromatic N) is 1. The number of carbonyl (C=O) groups excluding carboxylic acids is 1. The Labute approximate surface area is 113 Å². The minimum absolute atomic E-state index is 0.128. The predicted molar refractivity (Wildman–Crippen MR) is 69.7 cm³/mol. The van der Waals surface area contributed by atoms with Crippen molar-refractivity contribution in [2.75, 3.05) is 20.2 Å². The summed E-state index contributed by atoms with van der Waals surface area (Å²) in [6.07, 6.45) is 3.13. The van der Waals surface area contributed by atoms with Crippen LogP contribution in [0.5, 0.6) is 0 Å². The fourth-order valence-corrected chi connectivity index (χ4v) is 2.45. The third kappa shape index (κ3) is 3.58. The average Bonchev–Trinajstić information content (AvgIpc) is 2.75. The Kier molecular flexibility index (Phi) is 4.61. The Morgan fingerprint density at radius 1 is 1.58 bits per heavy atom. The number of hydrogen-bond donors (Lipinski definition) is 1. The van der Waals surface area contributed by atoms with Gasteiger partial charge in [0.05, 0.1) is 25.5 Å². The number of hydrogen-bond acceptors (Lipinski definition) is 5.